The standard InChI is InChI=1S/C26H37FN2O/c1-23(2)18-28-11-8-21(23)29-22(30)26-14-19-12-24(16-26,9-10-27)15-25(13-19,17-26)20-6-4-3-5-7-20/h3-7,19,21,28H,8-18H2,1-2H3,(H,29,30)/t19?,21?,24?,25-,26?/m1/s1. The lowest BCUT2D eigenvalue weighted by Gasteiger charge is -2.66. The number of carbonyl (C=O) groups is 1. The number of carbonyl (C=O) groups excluding carboxylic acids is 1. The fourth-order valence-corrected chi connectivity index (χ4v) is 8.23. The number of nitrogens with one attached hydrogen (secondary N) is 2. The van der Waals surface area contributed by atoms with E-state index in [0.29, 0.717) is 12.3 Å². The van der Waals surface area contributed by atoms with Crippen molar-refractivity contribution in [3.8, 4) is 0 Å². The van der Waals surface area contributed by atoms with E-state index in [1.165, 1.54) is 12.0 Å². The predicted octanol–water partition coefficient (Wildman–Crippen LogP) is 4.76. The second-order valence-electron chi connectivity index (χ2n) is 11.9. The summed E-state index contributed by atoms with van der Waals surface area (Å²) in [4.78, 5) is 13.9. The Kier molecular flexibility index (Phi) is 4.81. The normalized spacial score (nSPS) is 41.6. The van der Waals surface area contributed by atoms with Gasteiger partial charge in [-0.15, -0.1) is 0 Å². The molecule has 4 saturated carbocycles. The second-order valence-corrected chi connectivity index (χ2v) is 11.9. The highest BCUT2D eigenvalue weighted by molar-refractivity contribution is 5.84. The monoisotopic (exact) mass is 412 g/mol. The topological polar surface area (TPSA) is 41.1 Å². The van der Waals surface area contributed by atoms with Gasteiger partial charge >= 0.3 is 0 Å². The van der Waals surface area contributed by atoms with Gasteiger partial charge in [-0.25, -0.2) is 0 Å². The summed E-state index contributed by atoms with van der Waals surface area (Å²) in [5, 5.41) is 6.99. The van der Waals surface area contributed by atoms with Crippen LogP contribution >= 0.6 is 0 Å². The van der Waals surface area contributed by atoms with Crippen LogP contribution in [0.1, 0.15) is 70.8 Å². The van der Waals surface area contributed by atoms with Crippen LogP contribution in [0.15, 0.2) is 30.3 Å². The highest BCUT2D eigenvalue weighted by Crippen LogP contribution is 2.71. The van der Waals surface area contributed by atoms with Gasteiger partial charge in [-0.1, -0.05) is 44.2 Å². The molecule has 4 unspecified atom stereocenters. The summed E-state index contributed by atoms with van der Waals surface area (Å²) in [5.74, 6) is 0.801. The van der Waals surface area contributed by atoms with Crippen molar-refractivity contribution in [2.24, 2.45) is 22.2 Å². The van der Waals surface area contributed by atoms with Gasteiger partial charge in [0.1, 0.15) is 0 Å². The van der Waals surface area contributed by atoms with Crippen LogP contribution in [-0.4, -0.2) is 31.7 Å². The molecule has 4 aliphatic carbocycles. The van der Waals surface area contributed by atoms with E-state index in [1.807, 2.05) is 0 Å². The summed E-state index contributed by atoms with van der Waals surface area (Å²) in [7, 11) is 0. The van der Waals surface area contributed by atoms with Gasteiger partial charge in [-0.05, 0) is 85.6 Å². The van der Waals surface area contributed by atoms with Crippen LogP contribution in [0.5, 0.6) is 0 Å². The zero-order valence-corrected chi connectivity index (χ0v) is 18.6. The molecule has 164 valence electrons. The Morgan fingerprint density at radius 2 is 1.93 bits per heavy atom. The lowest BCUT2D eigenvalue weighted by atomic mass is 9.38. The first-order valence-electron chi connectivity index (χ1n) is 11.9. The summed E-state index contributed by atoms with van der Waals surface area (Å²) in [6.07, 6.45) is 7.74. The number of piperidine rings is 1. The molecule has 5 aliphatic rings. The number of hydrogen-bond donors (Lipinski definition) is 2. The number of halogens is 1. The van der Waals surface area contributed by atoms with Gasteiger partial charge in [0.25, 0.3) is 0 Å². The van der Waals surface area contributed by atoms with E-state index in [0.717, 1.165) is 51.6 Å². The zero-order valence-electron chi connectivity index (χ0n) is 18.6. The van der Waals surface area contributed by atoms with Gasteiger partial charge in [0.2, 0.25) is 5.91 Å². The third-order valence-corrected chi connectivity index (χ3v) is 9.12. The average molecular weight is 413 g/mol. The van der Waals surface area contributed by atoms with Crippen molar-refractivity contribution in [1.82, 2.24) is 10.6 Å². The fraction of sp³-hybridized carbons (Fsp3) is 0.731. The Labute approximate surface area is 180 Å². The number of rotatable bonds is 5. The van der Waals surface area contributed by atoms with Gasteiger partial charge in [-0.3, -0.25) is 9.18 Å². The largest absolute Gasteiger partial charge is 0.352 e. The SMILES string of the molecule is CC1(C)CNCCC1NC(=O)C12CC3CC(CCF)(C1)C[C@](c1ccccc1)(C3)C2. The van der Waals surface area contributed by atoms with E-state index in [4.69, 9.17) is 0 Å². The van der Waals surface area contributed by atoms with Crippen molar-refractivity contribution in [2.45, 2.75) is 76.7 Å². The number of amides is 1. The molecule has 0 aromatic heterocycles. The van der Waals surface area contributed by atoms with Crippen LogP contribution < -0.4 is 10.6 Å². The molecule has 6 rings (SSSR count). The van der Waals surface area contributed by atoms with Crippen LogP contribution in [0.25, 0.3) is 0 Å². The van der Waals surface area contributed by atoms with E-state index in [1.54, 1.807) is 0 Å². The minimum atomic E-state index is -0.328. The second kappa shape index (κ2) is 7.05. The van der Waals surface area contributed by atoms with E-state index < -0.39 is 0 Å². The molecule has 1 heterocycles. The Morgan fingerprint density at radius 1 is 1.13 bits per heavy atom. The van der Waals surface area contributed by atoms with Gasteiger partial charge in [0, 0.05) is 12.6 Å². The number of hydrogen-bond acceptors (Lipinski definition) is 2. The maximum absolute atomic E-state index is 13.9. The highest BCUT2D eigenvalue weighted by Gasteiger charge is 2.65. The molecule has 3 nitrogen and oxygen atoms in total. The lowest BCUT2D eigenvalue weighted by Crippen LogP contribution is -2.65. The summed E-state index contributed by atoms with van der Waals surface area (Å²) >= 11 is 0. The molecule has 0 spiro atoms. The third kappa shape index (κ3) is 3.21. The Balaban J connectivity index is 1.49. The van der Waals surface area contributed by atoms with Crippen molar-refractivity contribution < 1.29 is 9.18 Å². The van der Waals surface area contributed by atoms with Gasteiger partial charge in [0.05, 0.1) is 12.1 Å². The first-order chi connectivity index (χ1) is 14.3. The zero-order chi connectivity index (χ0) is 21.0. The quantitative estimate of drug-likeness (QED) is 0.732. The Bertz CT molecular complexity index is 811. The Morgan fingerprint density at radius 3 is 2.67 bits per heavy atom. The molecular weight excluding hydrogens is 375 g/mol. The molecule has 2 N–H and O–H groups in total. The minimum absolute atomic E-state index is 0.00894. The molecule has 1 saturated heterocycles. The summed E-state index contributed by atoms with van der Waals surface area (Å²) in [6.45, 7) is 6.13. The Hall–Kier alpha value is -1.42. The first kappa shape index (κ1) is 20.5. The molecule has 4 bridgehead atoms. The summed E-state index contributed by atoms with van der Waals surface area (Å²) in [6, 6.07) is 11.0. The highest BCUT2D eigenvalue weighted by atomic mass is 19.1. The molecule has 30 heavy (non-hydrogen) atoms. The van der Waals surface area contributed by atoms with Crippen LogP contribution in [0.2, 0.25) is 0 Å². The van der Waals surface area contributed by atoms with Gasteiger partial charge in [0.15, 0.2) is 0 Å². The molecule has 1 aromatic rings. The van der Waals surface area contributed by atoms with Gasteiger partial charge < -0.3 is 10.6 Å². The van der Waals surface area contributed by atoms with Crippen molar-refractivity contribution in [2.75, 3.05) is 19.8 Å². The van der Waals surface area contributed by atoms with Gasteiger partial charge in [-0.2, -0.15) is 0 Å². The van der Waals surface area contributed by atoms with Crippen LogP contribution in [0.3, 0.4) is 0 Å². The molecule has 5 atom stereocenters. The molecule has 0 radical (unpaired) electrons. The maximum atomic E-state index is 13.9. The molecular formula is C26H37FN2O. The van der Waals surface area contributed by atoms with Crippen LogP contribution in [0, 0.1) is 22.2 Å². The molecule has 1 amide bonds. The average Bonchev–Trinajstić information content (AvgIpc) is 2.69. The molecule has 4 heteroatoms. The van der Waals surface area contributed by atoms with Crippen molar-refractivity contribution >= 4 is 5.91 Å². The molecule has 5 fully saturated rings. The minimum Gasteiger partial charge on any atom is -0.352 e. The first-order valence-corrected chi connectivity index (χ1v) is 11.9. The fourth-order valence-electron chi connectivity index (χ4n) is 8.23. The maximum Gasteiger partial charge on any atom is 0.226 e. The predicted molar refractivity (Wildman–Crippen MR) is 118 cm³/mol. The lowest BCUT2D eigenvalue weighted by molar-refractivity contribution is -0.165. The van der Waals surface area contributed by atoms with E-state index in [2.05, 4.69) is 54.8 Å². The number of benzene rings is 1. The van der Waals surface area contributed by atoms with Crippen LogP contribution in [0.4, 0.5) is 4.39 Å². The third-order valence-electron chi connectivity index (χ3n) is 9.12. The smallest absolute Gasteiger partial charge is 0.226 e. The van der Waals surface area contributed by atoms with E-state index >= 15 is 0 Å². The summed E-state index contributed by atoms with van der Waals surface area (Å²) in [5.41, 5.74) is 1.13. The molecule has 1 aliphatic heterocycles. The van der Waals surface area contributed by atoms with E-state index in [9.17, 15) is 9.18 Å². The number of alkyl halides is 1. The van der Waals surface area contributed by atoms with Crippen molar-refractivity contribution in [3.05, 3.63) is 35.9 Å². The van der Waals surface area contributed by atoms with Crippen LogP contribution in [-0.2, 0) is 10.2 Å². The summed E-state index contributed by atoms with van der Waals surface area (Å²) < 4.78 is 13.7. The van der Waals surface area contributed by atoms with E-state index in [-0.39, 0.29) is 40.3 Å². The molecule has 1 aromatic carbocycles. The van der Waals surface area contributed by atoms with Crippen molar-refractivity contribution in [1.29, 1.82) is 0 Å². The van der Waals surface area contributed by atoms with Crippen molar-refractivity contribution in [3.63, 3.8) is 0 Å².